The molecule has 2 nitrogen and oxygen atoms in total. The Morgan fingerprint density at radius 3 is 2.37 bits per heavy atom. The molecule has 0 radical (unpaired) electrons. The first-order valence-electron chi connectivity index (χ1n) is 5.78. The van der Waals surface area contributed by atoms with E-state index >= 15 is 0 Å². The molecule has 1 aromatic heterocycles. The molecule has 100 valence electrons. The van der Waals surface area contributed by atoms with Crippen molar-refractivity contribution in [2.24, 2.45) is 0 Å². The van der Waals surface area contributed by atoms with Gasteiger partial charge >= 0.3 is 0 Å². The van der Waals surface area contributed by atoms with Crippen molar-refractivity contribution in [1.29, 1.82) is 0 Å². The third kappa shape index (κ3) is 3.36. The first-order valence-corrected chi connectivity index (χ1v) is 7.75. The highest BCUT2D eigenvalue weighted by atomic mass is 79.9. The van der Waals surface area contributed by atoms with E-state index in [0.29, 0.717) is 11.0 Å². The summed E-state index contributed by atoms with van der Waals surface area (Å²) in [6, 6.07) is 7.87. The fourth-order valence-electron chi connectivity index (χ4n) is 1.67. The maximum Gasteiger partial charge on any atom is 0.161 e. The van der Waals surface area contributed by atoms with Crippen molar-refractivity contribution in [1.82, 2.24) is 9.97 Å². The van der Waals surface area contributed by atoms with Crippen LogP contribution in [-0.4, -0.2) is 9.97 Å². The molecular formula is C14H13Br2ClN2. The van der Waals surface area contributed by atoms with Crippen LogP contribution < -0.4 is 0 Å². The Labute approximate surface area is 134 Å². The zero-order valence-corrected chi connectivity index (χ0v) is 14.8. The molecule has 0 aliphatic heterocycles. The molecule has 0 fully saturated rings. The number of benzene rings is 1. The van der Waals surface area contributed by atoms with Gasteiger partial charge in [-0.05, 0) is 28.1 Å². The van der Waals surface area contributed by atoms with Crippen molar-refractivity contribution in [3.63, 3.8) is 0 Å². The van der Waals surface area contributed by atoms with Gasteiger partial charge < -0.3 is 0 Å². The van der Waals surface area contributed by atoms with Crippen LogP contribution in [0.3, 0.4) is 0 Å². The van der Waals surface area contributed by atoms with Crippen LogP contribution in [0.1, 0.15) is 26.5 Å². The Hall–Kier alpha value is -0.450. The predicted molar refractivity (Wildman–Crippen MR) is 86.6 cm³/mol. The van der Waals surface area contributed by atoms with Gasteiger partial charge in [0, 0.05) is 15.5 Å². The zero-order chi connectivity index (χ0) is 14.2. The summed E-state index contributed by atoms with van der Waals surface area (Å²) in [5.41, 5.74) is 1.74. The summed E-state index contributed by atoms with van der Waals surface area (Å²) in [5.74, 6) is 0.638. The van der Waals surface area contributed by atoms with E-state index in [1.165, 1.54) is 0 Å². The van der Waals surface area contributed by atoms with E-state index in [0.717, 1.165) is 20.2 Å². The number of hydrogen-bond donors (Lipinski definition) is 0. The predicted octanol–water partition coefficient (Wildman–Crippen LogP) is 5.62. The molecule has 1 aromatic carbocycles. The molecule has 5 heteroatoms. The SMILES string of the molecule is CC(C)(C)c1nc(-c2cccc(Br)c2)nc(Cl)c1Br. The van der Waals surface area contributed by atoms with Crippen LogP contribution in [0.25, 0.3) is 11.4 Å². The molecule has 0 aliphatic carbocycles. The van der Waals surface area contributed by atoms with E-state index in [4.69, 9.17) is 11.6 Å². The monoisotopic (exact) mass is 402 g/mol. The first kappa shape index (κ1) is 14.9. The van der Waals surface area contributed by atoms with Crippen LogP contribution in [0.5, 0.6) is 0 Å². The van der Waals surface area contributed by atoms with Crippen molar-refractivity contribution < 1.29 is 0 Å². The second kappa shape index (κ2) is 5.51. The number of hydrogen-bond acceptors (Lipinski definition) is 2. The van der Waals surface area contributed by atoms with Gasteiger partial charge in [-0.2, -0.15) is 0 Å². The number of halogens is 3. The van der Waals surface area contributed by atoms with Crippen LogP contribution in [0, 0.1) is 0 Å². The maximum atomic E-state index is 6.21. The molecule has 0 amide bonds. The molecule has 2 aromatic rings. The second-order valence-electron chi connectivity index (χ2n) is 5.26. The lowest BCUT2D eigenvalue weighted by Crippen LogP contribution is -2.16. The van der Waals surface area contributed by atoms with Crippen LogP contribution in [0.15, 0.2) is 33.2 Å². The third-order valence-corrected chi connectivity index (χ3v) is 4.35. The Kier molecular flexibility index (Phi) is 4.33. The summed E-state index contributed by atoms with van der Waals surface area (Å²) in [6.07, 6.45) is 0. The summed E-state index contributed by atoms with van der Waals surface area (Å²) in [7, 11) is 0. The lowest BCUT2D eigenvalue weighted by molar-refractivity contribution is 0.564. The molecule has 0 spiro atoms. The summed E-state index contributed by atoms with van der Waals surface area (Å²) < 4.78 is 1.75. The van der Waals surface area contributed by atoms with Gasteiger partial charge in [-0.25, -0.2) is 9.97 Å². The van der Waals surface area contributed by atoms with E-state index in [-0.39, 0.29) is 5.41 Å². The summed E-state index contributed by atoms with van der Waals surface area (Å²) in [6.45, 7) is 6.29. The van der Waals surface area contributed by atoms with Crippen LogP contribution >= 0.6 is 43.5 Å². The Bertz CT molecular complexity index is 621. The van der Waals surface area contributed by atoms with E-state index < -0.39 is 0 Å². The summed E-state index contributed by atoms with van der Waals surface area (Å²) >= 11 is 13.1. The molecule has 0 saturated heterocycles. The van der Waals surface area contributed by atoms with Crippen molar-refractivity contribution >= 4 is 43.5 Å². The second-order valence-corrected chi connectivity index (χ2v) is 7.33. The highest BCUT2D eigenvalue weighted by Gasteiger charge is 2.23. The zero-order valence-electron chi connectivity index (χ0n) is 10.8. The van der Waals surface area contributed by atoms with Crippen LogP contribution in [-0.2, 0) is 5.41 Å². The average Bonchev–Trinajstić information content (AvgIpc) is 2.31. The summed E-state index contributed by atoms with van der Waals surface area (Å²) in [5, 5.41) is 0.440. The van der Waals surface area contributed by atoms with Crippen LogP contribution in [0.4, 0.5) is 0 Å². The van der Waals surface area contributed by atoms with Gasteiger partial charge in [0.2, 0.25) is 0 Å². The molecule has 0 aliphatic rings. The number of aromatic nitrogens is 2. The fourth-order valence-corrected chi connectivity index (χ4v) is 3.01. The topological polar surface area (TPSA) is 25.8 Å². The van der Waals surface area contributed by atoms with E-state index in [1.807, 2.05) is 24.3 Å². The molecule has 0 bridgehead atoms. The average molecular weight is 405 g/mol. The minimum Gasteiger partial charge on any atom is -0.231 e. The van der Waals surface area contributed by atoms with Gasteiger partial charge in [-0.3, -0.25) is 0 Å². The third-order valence-electron chi connectivity index (χ3n) is 2.60. The van der Waals surface area contributed by atoms with Gasteiger partial charge in [0.15, 0.2) is 5.82 Å². The van der Waals surface area contributed by atoms with Gasteiger partial charge in [0.05, 0.1) is 10.2 Å². The number of nitrogens with zero attached hydrogens (tertiary/aromatic N) is 2. The molecule has 0 unspecified atom stereocenters. The largest absolute Gasteiger partial charge is 0.231 e. The quantitative estimate of drug-likeness (QED) is 0.577. The molecule has 0 atom stereocenters. The fraction of sp³-hybridized carbons (Fsp3) is 0.286. The Morgan fingerprint density at radius 2 is 1.79 bits per heavy atom. The minimum atomic E-state index is -0.105. The van der Waals surface area contributed by atoms with E-state index in [9.17, 15) is 0 Å². The molecule has 0 N–H and O–H groups in total. The van der Waals surface area contributed by atoms with Gasteiger partial charge in [0.1, 0.15) is 5.15 Å². The molecule has 1 heterocycles. The minimum absolute atomic E-state index is 0.105. The highest BCUT2D eigenvalue weighted by molar-refractivity contribution is 9.10. The Balaban J connectivity index is 2.63. The summed E-state index contributed by atoms with van der Waals surface area (Å²) in [4.78, 5) is 9.00. The van der Waals surface area contributed by atoms with Gasteiger partial charge in [-0.1, -0.05) is 60.4 Å². The van der Waals surface area contributed by atoms with Gasteiger partial charge in [0.25, 0.3) is 0 Å². The Morgan fingerprint density at radius 1 is 1.11 bits per heavy atom. The van der Waals surface area contributed by atoms with Crippen LogP contribution in [0.2, 0.25) is 5.15 Å². The normalized spacial score (nSPS) is 11.7. The molecule has 19 heavy (non-hydrogen) atoms. The lowest BCUT2D eigenvalue weighted by atomic mass is 9.92. The molecule has 0 saturated carbocycles. The highest BCUT2D eigenvalue weighted by Crippen LogP contribution is 2.34. The smallest absolute Gasteiger partial charge is 0.161 e. The number of rotatable bonds is 1. The van der Waals surface area contributed by atoms with Crippen molar-refractivity contribution in [2.75, 3.05) is 0 Å². The first-order chi connectivity index (χ1) is 8.79. The molecule has 2 rings (SSSR count). The maximum absolute atomic E-state index is 6.21. The lowest BCUT2D eigenvalue weighted by Gasteiger charge is -2.20. The molecular weight excluding hydrogens is 391 g/mol. The van der Waals surface area contributed by atoms with E-state index in [2.05, 4.69) is 62.6 Å². The van der Waals surface area contributed by atoms with Crippen molar-refractivity contribution in [3.8, 4) is 11.4 Å². The standard InChI is InChI=1S/C14H13Br2ClN2/c1-14(2,3)11-10(16)12(17)19-13(18-11)8-5-4-6-9(15)7-8/h4-7H,1-3H3. The van der Waals surface area contributed by atoms with Crippen molar-refractivity contribution in [2.45, 2.75) is 26.2 Å². The van der Waals surface area contributed by atoms with Crippen molar-refractivity contribution in [3.05, 3.63) is 44.1 Å². The van der Waals surface area contributed by atoms with E-state index in [1.54, 1.807) is 0 Å². The van der Waals surface area contributed by atoms with Gasteiger partial charge in [-0.15, -0.1) is 0 Å².